The minimum absolute atomic E-state index is 0.0525. The van der Waals surface area contributed by atoms with Crippen molar-refractivity contribution >= 4 is 23.5 Å². The molecule has 6 nitrogen and oxygen atoms in total. The second-order valence-electron chi connectivity index (χ2n) is 7.02. The van der Waals surface area contributed by atoms with E-state index in [1.165, 1.54) is 13.3 Å². The quantitative estimate of drug-likeness (QED) is 0.630. The summed E-state index contributed by atoms with van der Waals surface area (Å²) in [5.74, 6) is -2.71. The Morgan fingerprint density at radius 1 is 1.15 bits per heavy atom. The lowest BCUT2D eigenvalue weighted by Crippen LogP contribution is -2.35. The smallest absolute Gasteiger partial charge is 0.337 e. The van der Waals surface area contributed by atoms with Crippen molar-refractivity contribution in [1.29, 1.82) is 0 Å². The standard InChI is InChI=1S/C19H21ClN2O4/c1-19(2,3)15(16(23)24)14(13-9-10-21-18(20)22-13)11-5-7-12(8-6-11)17(25)26-4/h5-10,14-15H,1-4H3,(H,23,24). The van der Waals surface area contributed by atoms with Crippen molar-refractivity contribution in [1.82, 2.24) is 9.97 Å². The Balaban J connectivity index is 2.60. The van der Waals surface area contributed by atoms with E-state index in [0.717, 1.165) is 5.56 Å². The van der Waals surface area contributed by atoms with Gasteiger partial charge in [0.25, 0.3) is 0 Å². The van der Waals surface area contributed by atoms with Crippen molar-refractivity contribution in [2.75, 3.05) is 7.11 Å². The molecule has 0 aliphatic heterocycles. The number of esters is 1. The molecule has 26 heavy (non-hydrogen) atoms. The van der Waals surface area contributed by atoms with Gasteiger partial charge in [-0.3, -0.25) is 4.79 Å². The van der Waals surface area contributed by atoms with Gasteiger partial charge in [0.05, 0.1) is 24.3 Å². The number of methoxy groups -OCH3 is 1. The molecule has 1 aromatic carbocycles. The Kier molecular flexibility index (Phi) is 5.97. The number of benzene rings is 1. The Bertz CT molecular complexity index is 800. The zero-order valence-electron chi connectivity index (χ0n) is 15.1. The van der Waals surface area contributed by atoms with Gasteiger partial charge >= 0.3 is 11.9 Å². The number of nitrogens with zero attached hydrogens (tertiary/aromatic N) is 2. The first-order chi connectivity index (χ1) is 12.1. The predicted octanol–water partition coefficient (Wildman–Crippen LogP) is 3.80. The number of hydrogen-bond donors (Lipinski definition) is 1. The molecule has 1 heterocycles. The Morgan fingerprint density at radius 3 is 2.23 bits per heavy atom. The lowest BCUT2D eigenvalue weighted by molar-refractivity contribution is -0.146. The van der Waals surface area contributed by atoms with Crippen LogP contribution in [0, 0.1) is 11.3 Å². The average molecular weight is 377 g/mol. The zero-order chi connectivity index (χ0) is 19.5. The molecular formula is C19H21ClN2O4. The van der Waals surface area contributed by atoms with Crippen LogP contribution in [0.5, 0.6) is 0 Å². The number of carboxylic acid groups (broad SMARTS) is 1. The van der Waals surface area contributed by atoms with Crippen LogP contribution in [0.25, 0.3) is 0 Å². The van der Waals surface area contributed by atoms with Gasteiger partial charge in [0.2, 0.25) is 5.28 Å². The fourth-order valence-corrected chi connectivity index (χ4v) is 3.17. The number of hydrogen-bond acceptors (Lipinski definition) is 5. The van der Waals surface area contributed by atoms with Crippen LogP contribution in [0.15, 0.2) is 36.5 Å². The van der Waals surface area contributed by atoms with Crippen molar-refractivity contribution < 1.29 is 19.4 Å². The van der Waals surface area contributed by atoms with E-state index < -0.39 is 29.2 Å². The molecular weight excluding hydrogens is 356 g/mol. The van der Waals surface area contributed by atoms with Crippen LogP contribution in [0.1, 0.15) is 48.3 Å². The maximum absolute atomic E-state index is 12.1. The summed E-state index contributed by atoms with van der Waals surface area (Å²) in [6.45, 7) is 5.60. The first-order valence-corrected chi connectivity index (χ1v) is 8.42. The van der Waals surface area contributed by atoms with Crippen molar-refractivity contribution in [3.05, 3.63) is 58.6 Å². The molecule has 0 saturated carbocycles. The highest BCUT2D eigenvalue weighted by Gasteiger charge is 2.40. The molecule has 1 aromatic heterocycles. The van der Waals surface area contributed by atoms with Gasteiger partial charge in [-0.25, -0.2) is 14.8 Å². The highest BCUT2D eigenvalue weighted by molar-refractivity contribution is 6.28. The number of rotatable bonds is 5. The van der Waals surface area contributed by atoms with Gasteiger partial charge in [-0.1, -0.05) is 32.9 Å². The largest absolute Gasteiger partial charge is 0.481 e. The molecule has 2 atom stereocenters. The van der Waals surface area contributed by atoms with E-state index in [1.807, 2.05) is 20.8 Å². The topological polar surface area (TPSA) is 89.4 Å². The van der Waals surface area contributed by atoms with Crippen LogP contribution in [-0.4, -0.2) is 34.1 Å². The van der Waals surface area contributed by atoms with Gasteiger partial charge in [-0.2, -0.15) is 0 Å². The third-order valence-corrected chi connectivity index (χ3v) is 4.37. The zero-order valence-corrected chi connectivity index (χ0v) is 15.8. The fourth-order valence-electron chi connectivity index (χ4n) is 3.01. The van der Waals surface area contributed by atoms with Gasteiger partial charge in [0.15, 0.2) is 0 Å². The summed E-state index contributed by atoms with van der Waals surface area (Å²) in [5.41, 5.74) is 1.07. The number of ether oxygens (including phenoxy) is 1. The number of carbonyl (C=O) groups excluding carboxylic acids is 1. The van der Waals surface area contributed by atoms with Gasteiger partial charge in [-0.15, -0.1) is 0 Å². The van der Waals surface area contributed by atoms with E-state index in [0.29, 0.717) is 11.3 Å². The second kappa shape index (κ2) is 7.83. The van der Waals surface area contributed by atoms with E-state index in [9.17, 15) is 14.7 Å². The van der Waals surface area contributed by atoms with Crippen molar-refractivity contribution in [3.63, 3.8) is 0 Å². The summed E-state index contributed by atoms with van der Waals surface area (Å²) in [5, 5.41) is 9.95. The predicted molar refractivity (Wildman–Crippen MR) is 97.2 cm³/mol. The van der Waals surface area contributed by atoms with E-state index in [2.05, 4.69) is 9.97 Å². The van der Waals surface area contributed by atoms with Crippen LogP contribution in [0.3, 0.4) is 0 Å². The average Bonchev–Trinajstić information content (AvgIpc) is 2.57. The number of aromatic nitrogens is 2. The van der Waals surface area contributed by atoms with Crippen LogP contribution >= 0.6 is 11.6 Å². The van der Waals surface area contributed by atoms with Gasteiger partial charge < -0.3 is 9.84 Å². The van der Waals surface area contributed by atoms with Gasteiger partial charge in [-0.05, 0) is 40.8 Å². The Morgan fingerprint density at radius 2 is 1.77 bits per heavy atom. The second-order valence-corrected chi connectivity index (χ2v) is 7.36. The number of aliphatic carboxylic acids is 1. The van der Waals surface area contributed by atoms with Crippen molar-refractivity contribution in [2.24, 2.45) is 11.3 Å². The summed E-state index contributed by atoms with van der Waals surface area (Å²) < 4.78 is 4.71. The normalized spacial score (nSPS) is 13.7. The van der Waals surface area contributed by atoms with Crippen LogP contribution in [0.4, 0.5) is 0 Å². The van der Waals surface area contributed by atoms with Crippen LogP contribution in [-0.2, 0) is 9.53 Å². The Labute approximate surface area is 157 Å². The van der Waals surface area contributed by atoms with Gasteiger partial charge in [0.1, 0.15) is 0 Å². The molecule has 0 aliphatic carbocycles. The third-order valence-electron chi connectivity index (χ3n) is 4.19. The molecule has 1 N–H and O–H groups in total. The minimum atomic E-state index is -0.936. The molecule has 0 amide bonds. The monoisotopic (exact) mass is 376 g/mol. The van der Waals surface area contributed by atoms with E-state index >= 15 is 0 Å². The molecule has 0 bridgehead atoms. The molecule has 138 valence electrons. The van der Waals surface area contributed by atoms with Crippen molar-refractivity contribution in [3.8, 4) is 0 Å². The van der Waals surface area contributed by atoms with E-state index in [1.54, 1.807) is 30.3 Å². The molecule has 0 saturated heterocycles. The lowest BCUT2D eigenvalue weighted by atomic mass is 9.69. The number of carbonyl (C=O) groups is 2. The highest BCUT2D eigenvalue weighted by atomic mass is 35.5. The fraction of sp³-hybridized carbons (Fsp3) is 0.368. The maximum atomic E-state index is 12.1. The molecule has 0 radical (unpaired) electrons. The van der Waals surface area contributed by atoms with Crippen LogP contribution < -0.4 is 0 Å². The molecule has 7 heteroatoms. The van der Waals surface area contributed by atoms with E-state index in [-0.39, 0.29) is 5.28 Å². The molecule has 2 rings (SSSR count). The lowest BCUT2D eigenvalue weighted by Gasteiger charge is -2.34. The minimum Gasteiger partial charge on any atom is -0.481 e. The molecule has 0 fully saturated rings. The van der Waals surface area contributed by atoms with Crippen molar-refractivity contribution in [2.45, 2.75) is 26.7 Å². The summed E-state index contributed by atoms with van der Waals surface area (Å²) in [7, 11) is 1.31. The first kappa shape index (κ1) is 19.8. The number of halogens is 1. The first-order valence-electron chi connectivity index (χ1n) is 8.04. The summed E-state index contributed by atoms with van der Waals surface area (Å²) in [4.78, 5) is 31.9. The van der Waals surface area contributed by atoms with Gasteiger partial charge in [0, 0.05) is 12.1 Å². The molecule has 2 unspecified atom stereocenters. The molecule has 2 aromatic rings. The maximum Gasteiger partial charge on any atom is 0.337 e. The summed E-state index contributed by atoms with van der Waals surface area (Å²) in [6, 6.07) is 8.31. The molecule has 0 spiro atoms. The SMILES string of the molecule is COC(=O)c1ccc(C(c2ccnc(Cl)n2)C(C(=O)O)C(C)(C)C)cc1. The third kappa shape index (κ3) is 4.38. The van der Waals surface area contributed by atoms with Crippen LogP contribution in [0.2, 0.25) is 5.28 Å². The summed E-state index contributed by atoms with van der Waals surface area (Å²) >= 11 is 5.93. The molecule has 0 aliphatic rings. The summed E-state index contributed by atoms with van der Waals surface area (Å²) in [6.07, 6.45) is 1.50. The Hall–Kier alpha value is -2.47. The number of carboxylic acids is 1. The van der Waals surface area contributed by atoms with E-state index in [4.69, 9.17) is 16.3 Å². The highest BCUT2D eigenvalue weighted by Crippen LogP contribution is 2.41.